The van der Waals surface area contributed by atoms with Gasteiger partial charge in [0, 0.05) is 26.7 Å². The van der Waals surface area contributed by atoms with Gasteiger partial charge in [0.25, 0.3) is 5.56 Å². The predicted octanol–water partition coefficient (Wildman–Crippen LogP) is 2.19. The number of rotatable bonds is 7. The van der Waals surface area contributed by atoms with Gasteiger partial charge in [-0.3, -0.25) is 4.79 Å². The fraction of sp³-hybridized carbons (Fsp3) is 0.375. The number of hydrogen-bond acceptors (Lipinski definition) is 5. The molecule has 0 saturated carbocycles. The largest absolute Gasteiger partial charge is 0.379 e. The lowest BCUT2D eigenvalue weighted by molar-refractivity contribution is 0.445. The summed E-state index contributed by atoms with van der Waals surface area (Å²) in [5, 5.41) is 7.08. The minimum atomic E-state index is -3.45. The van der Waals surface area contributed by atoms with Crippen molar-refractivity contribution in [3.8, 4) is 0 Å². The second-order valence-electron chi connectivity index (χ2n) is 5.39. The van der Waals surface area contributed by atoms with Gasteiger partial charge in [0.05, 0.1) is 16.8 Å². The molecule has 25 heavy (non-hydrogen) atoms. The molecule has 0 fully saturated rings. The number of sulfonamides is 1. The van der Waals surface area contributed by atoms with Crippen molar-refractivity contribution in [1.29, 1.82) is 0 Å². The number of hydrogen-bond donors (Lipinski definition) is 1. The molecule has 0 bridgehead atoms. The van der Waals surface area contributed by atoms with E-state index in [0.717, 1.165) is 5.56 Å². The normalized spacial score (nSPS) is 11.7. The molecule has 0 amide bonds. The van der Waals surface area contributed by atoms with Crippen LogP contribution in [0.3, 0.4) is 0 Å². The highest BCUT2D eigenvalue weighted by Crippen LogP contribution is 2.19. The van der Waals surface area contributed by atoms with Crippen LogP contribution in [0.4, 0.5) is 5.69 Å². The van der Waals surface area contributed by atoms with Crippen molar-refractivity contribution in [2.75, 3.05) is 18.4 Å². The Morgan fingerprint density at radius 1 is 1.20 bits per heavy atom. The first-order valence-electron chi connectivity index (χ1n) is 7.86. The molecule has 0 aliphatic rings. The molecular formula is C16H21BrN4O3S. The Hall–Kier alpha value is -1.71. The first kappa shape index (κ1) is 19.6. The molecular weight excluding hydrogens is 408 g/mol. The lowest BCUT2D eigenvalue weighted by Crippen LogP contribution is -2.30. The summed E-state index contributed by atoms with van der Waals surface area (Å²) >= 11 is 3.25. The van der Waals surface area contributed by atoms with E-state index in [2.05, 4.69) is 26.3 Å². The molecule has 2 rings (SSSR count). The number of halogens is 1. The Kier molecular flexibility index (Phi) is 6.36. The summed E-state index contributed by atoms with van der Waals surface area (Å²) in [5.41, 5.74) is 1.25. The molecule has 2 aromatic rings. The van der Waals surface area contributed by atoms with Gasteiger partial charge >= 0.3 is 0 Å². The summed E-state index contributed by atoms with van der Waals surface area (Å²) in [6, 6.07) is 6.71. The topological polar surface area (TPSA) is 84.3 Å². The number of aromatic nitrogens is 2. The predicted molar refractivity (Wildman–Crippen MR) is 101 cm³/mol. The first-order chi connectivity index (χ1) is 11.8. The summed E-state index contributed by atoms with van der Waals surface area (Å²) in [4.78, 5) is 12.1. The molecule has 1 aromatic carbocycles. The van der Waals surface area contributed by atoms with Crippen LogP contribution in [0, 0.1) is 0 Å². The summed E-state index contributed by atoms with van der Waals surface area (Å²) < 4.78 is 28.0. The lowest BCUT2D eigenvalue weighted by Gasteiger charge is -2.18. The molecule has 1 N–H and O–H groups in total. The molecule has 0 spiro atoms. The molecule has 0 aliphatic carbocycles. The highest BCUT2D eigenvalue weighted by Gasteiger charge is 2.21. The van der Waals surface area contributed by atoms with E-state index in [4.69, 9.17) is 0 Å². The molecule has 0 unspecified atom stereocenters. The average molecular weight is 429 g/mol. The van der Waals surface area contributed by atoms with Crippen LogP contribution < -0.4 is 10.9 Å². The van der Waals surface area contributed by atoms with Crippen molar-refractivity contribution in [2.45, 2.75) is 25.3 Å². The van der Waals surface area contributed by atoms with Crippen LogP contribution >= 0.6 is 15.9 Å². The summed E-state index contributed by atoms with van der Waals surface area (Å²) in [6.45, 7) is 4.95. The van der Waals surface area contributed by atoms with Crippen LogP contribution in [0.15, 0.2) is 44.6 Å². The van der Waals surface area contributed by atoms with E-state index in [-0.39, 0.29) is 10.5 Å². The van der Waals surface area contributed by atoms with Gasteiger partial charge in [-0.05, 0) is 33.6 Å². The average Bonchev–Trinajstić information content (AvgIpc) is 2.60. The van der Waals surface area contributed by atoms with Gasteiger partial charge < -0.3 is 5.32 Å². The lowest BCUT2D eigenvalue weighted by atomic mass is 10.2. The zero-order valence-electron chi connectivity index (χ0n) is 14.4. The van der Waals surface area contributed by atoms with Crippen molar-refractivity contribution < 1.29 is 8.42 Å². The van der Waals surface area contributed by atoms with E-state index in [1.807, 2.05) is 13.8 Å². The third-order valence-corrected chi connectivity index (χ3v) is 6.66. The fourth-order valence-corrected chi connectivity index (χ4v) is 4.28. The number of benzene rings is 1. The molecule has 0 atom stereocenters. The van der Waals surface area contributed by atoms with Crippen LogP contribution in [0.5, 0.6) is 0 Å². The van der Waals surface area contributed by atoms with Crippen molar-refractivity contribution >= 4 is 31.6 Å². The number of aryl methyl sites for hydroxylation is 1. The monoisotopic (exact) mass is 428 g/mol. The van der Waals surface area contributed by atoms with Crippen LogP contribution in [0.2, 0.25) is 0 Å². The van der Waals surface area contributed by atoms with Crippen molar-refractivity contribution in [3.63, 3.8) is 0 Å². The zero-order chi connectivity index (χ0) is 18.6. The van der Waals surface area contributed by atoms with Gasteiger partial charge in [-0.15, -0.1) is 0 Å². The van der Waals surface area contributed by atoms with Gasteiger partial charge in [0.1, 0.15) is 4.47 Å². The molecule has 1 heterocycles. The van der Waals surface area contributed by atoms with Gasteiger partial charge in [-0.1, -0.05) is 26.0 Å². The maximum Gasteiger partial charge on any atom is 0.282 e. The molecule has 0 radical (unpaired) electrons. The number of anilines is 1. The maximum atomic E-state index is 12.5. The SMILES string of the molecule is CCN(CC)S(=O)(=O)c1ccc(CNc2cnn(C)c(=O)c2Br)cc1. The summed E-state index contributed by atoms with van der Waals surface area (Å²) in [5.74, 6) is 0. The highest BCUT2D eigenvalue weighted by atomic mass is 79.9. The Morgan fingerprint density at radius 3 is 2.36 bits per heavy atom. The van der Waals surface area contributed by atoms with Gasteiger partial charge in [-0.2, -0.15) is 9.40 Å². The van der Waals surface area contributed by atoms with Crippen molar-refractivity contribution in [3.05, 3.63) is 50.9 Å². The summed E-state index contributed by atoms with van der Waals surface area (Å²) in [7, 11) is -1.88. The Bertz CT molecular complexity index is 891. The Balaban J connectivity index is 2.14. The molecule has 7 nitrogen and oxygen atoms in total. The fourth-order valence-electron chi connectivity index (χ4n) is 2.32. The quantitative estimate of drug-likeness (QED) is 0.730. The molecule has 0 saturated heterocycles. The van der Waals surface area contributed by atoms with E-state index in [1.165, 1.54) is 8.99 Å². The molecule has 136 valence electrons. The van der Waals surface area contributed by atoms with Crippen LogP contribution in [0.1, 0.15) is 19.4 Å². The first-order valence-corrected chi connectivity index (χ1v) is 10.1. The van der Waals surface area contributed by atoms with E-state index in [0.29, 0.717) is 29.8 Å². The zero-order valence-corrected chi connectivity index (χ0v) is 16.8. The highest BCUT2D eigenvalue weighted by molar-refractivity contribution is 9.10. The van der Waals surface area contributed by atoms with Crippen LogP contribution in [-0.2, 0) is 23.6 Å². The second-order valence-corrected chi connectivity index (χ2v) is 8.12. The molecule has 1 aromatic heterocycles. The molecule has 0 aliphatic heterocycles. The third kappa shape index (κ3) is 4.28. The van der Waals surface area contributed by atoms with E-state index < -0.39 is 10.0 Å². The van der Waals surface area contributed by atoms with E-state index in [9.17, 15) is 13.2 Å². The molecule has 9 heteroatoms. The maximum absolute atomic E-state index is 12.5. The standard InChI is InChI=1S/C16H21BrN4O3S/c1-4-21(5-2)25(23,24)13-8-6-12(7-9-13)10-18-14-11-19-20(3)16(22)15(14)17/h6-9,11,18H,4-5,10H2,1-3H3. The van der Waals surface area contributed by atoms with Crippen LogP contribution in [-0.4, -0.2) is 35.6 Å². The van der Waals surface area contributed by atoms with Crippen molar-refractivity contribution in [2.24, 2.45) is 7.05 Å². The minimum absolute atomic E-state index is 0.231. The second kappa shape index (κ2) is 8.11. The van der Waals surface area contributed by atoms with Gasteiger partial charge in [0.15, 0.2) is 0 Å². The van der Waals surface area contributed by atoms with Gasteiger partial charge in [0.2, 0.25) is 10.0 Å². The van der Waals surface area contributed by atoms with Crippen LogP contribution in [0.25, 0.3) is 0 Å². The Morgan fingerprint density at radius 2 is 1.80 bits per heavy atom. The van der Waals surface area contributed by atoms with Gasteiger partial charge in [-0.25, -0.2) is 13.1 Å². The third-order valence-electron chi connectivity index (χ3n) is 3.83. The summed E-state index contributed by atoms with van der Waals surface area (Å²) in [6.07, 6.45) is 1.56. The number of nitrogens with one attached hydrogen (secondary N) is 1. The van der Waals surface area contributed by atoms with E-state index in [1.54, 1.807) is 37.5 Å². The minimum Gasteiger partial charge on any atom is -0.379 e. The van der Waals surface area contributed by atoms with Crippen molar-refractivity contribution in [1.82, 2.24) is 14.1 Å². The smallest absolute Gasteiger partial charge is 0.282 e. The Labute approximate surface area is 155 Å². The van der Waals surface area contributed by atoms with E-state index >= 15 is 0 Å². The number of nitrogens with zero attached hydrogens (tertiary/aromatic N) is 3.